The van der Waals surface area contributed by atoms with E-state index >= 15 is 0 Å². The average Bonchev–Trinajstić information content (AvgIpc) is 2.84. The highest BCUT2D eigenvalue weighted by molar-refractivity contribution is 6.38. The van der Waals surface area contributed by atoms with Crippen LogP contribution in [-0.2, 0) is 11.0 Å². The van der Waals surface area contributed by atoms with Crippen molar-refractivity contribution in [2.24, 2.45) is 0 Å². The van der Waals surface area contributed by atoms with Crippen molar-refractivity contribution in [3.8, 4) is 5.69 Å². The second kappa shape index (κ2) is 6.18. The van der Waals surface area contributed by atoms with Crippen LogP contribution in [0.25, 0.3) is 5.69 Å². The number of halogens is 5. The Balaban J connectivity index is 2.51. The molecule has 0 radical (unpaired) electrons. The van der Waals surface area contributed by atoms with Crippen molar-refractivity contribution < 1.29 is 18.0 Å². The normalized spacial score (nSPS) is 11.5. The Kier molecular flexibility index (Phi) is 4.67. The topological polar surface area (TPSA) is 46.9 Å². The minimum Gasteiger partial charge on any atom is -0.311 e. The number of benzene rings is 1. The number of hydrogen-bond donors (Lipinski definition) is 1. The lowest BCUT2D eigenvalue weighted by Gasteiger charge is -2.14. The van der Waals surface area contributed by atoms with Gasteiger partial charge in [0.05, 0.1) is 21.8 Å². The Morgan fingerprint density at radius 1 is 1.32 bits per heavy atom. The fraction of sp³-hybridized carbons (Fsp3) is 0.231. The molecule has 118 valence electrons. The van der Waals surface area contributed by atoms with Crippen LogP contribution in [0, 0.1) is 0 Å². The number of carbonyl (C=O) groups is 1. The van der Waals surface area contributed by atoms with Crippen LogP contribution in [0.4, 0.5) is 19.0 Å². The summed E-state index contributed by atoms with van der Waals surface area (Å²) in [5, 5.41) is 6.05. The van der Waals surface area contributed by atoms with Crippen molar-refractivity contribution in [2.75, 3.05) is 5.32 Å². The number of amides is 1. The largest absolute Gasteiger partial charge is 0.416 e. The van der Waals surface area contributed by atoms with E-state index in [1.165, 1.54) is 16.9 Å². The van der Waals surface area contributed by atoms with Crippen molar-refractivity contribution in [1.29, 1.82) is 0 Å². The molecule has 0 unspecified atom stereocenters. The molecule has 1 aromatic heterocycles. The maximum atomic E-state index is 12.7. The number of aromatic nitrogens is 2. The van der Waals surface area contributed by atoms with Crippen LogP contribution in [0.2, 0.25) is 10.0 Å². The van der Waals surface area contributed by atoms with Gasteiger partial charge in [-0.05, 0) is 12.1 Å². The summed E-state index contributed by atoms with van der Waals surface area (Å²) in [5.41, 5.74) is -0.898. The number of carbonyl (C=O) groups excluding carboxylic acids is 1. The molecular weight excluding hydrogens is 342 g/mol. The molecular formula is C13H10Cl2F3N3O. The molecule has 0 fully saturated rings. The molecule has 0 saturated carbocycles. The van der Waals surface area contributed by atoms with E-state index in [4.69, 9.17) is 23.2 Å². The summed E-state index contributed by atoms with van der Waals surface area (Å²) in [5.74, 6) is -0.0173. The summed E-state index contributed by atoms with van der Waals surface area (Å²) in [4.78, 5) is 11.5. The molecule has 0 aliphatic rings. The van der Waals surface area contributed by atoms with Gasteiger partial charge in [0.2, 0.25) is 5.91 Å². The zero-order valence-electron chi connectivity index (χ0n) is 11.2. The van der Waals surface area contributed by atoms with Crippen molar-refractivity contribution >= 4 is 34.9 Å². The van der Waals surface area contributed by atoms with E-state index in [1.807, 2.05) is 0 Å². The minimum atomic E-state index is -4.56. The zero-order valence-corrected chi connectivity index (χ0v) is 12.7. The van der Waals surface area contributed by atoms with Crippen LogP contribution in [0.5, 0.6) is 0 Å². The fourth-order valence-electron chi connectivity index (χ4n) is 1.74. The van der Waals surface area contributed by atoms with Gasteiger partial charge in [-0.1, -0.05) is 30.1 Å². The smallest absolute Gasteiger partial charge is 0.311 e. The van der Waals surface area contributed by atoms with Gasteiger partial charge in [-0.2, -0.15) is 18.3 Å². The van der Waals surface area contributed by atoms with Crippen LogP contribution in [0.15, 0.2) is 24.4 Å². The van der Waals surface area contributed by atoms with Crippen LogP contribution in [0.1, 0.15) is 18.9 Å². The lowest BCUT2D eigenvalue weighted by molar-refractivity contribution is -0.137. The van der Waals surface area contributed by atoms with Crippen LogP contribution >= 0.6 is 23.2 Å². The third-order valence-electron chi connectivity index (χ3n) is 2.79. The first-order valence-corrected chi connectivity index (χ1v) is 6.90. The molecule has 2 rings (SSSR count). The maximum absolute atomic E-state index is 12.7. The summed E-state index contributed by atoms with van der Waals surface area (Å²) in [7, 11) is 0. The summed E-state index contributed by atoms with van der Waals surface area (Å²) < 4.78 is 39.3. The highest BCUT2D eigenvalue weighted by Gasteiger charge is 2.32. The van der Waals surface area contributed by atoms with Gasteiger partial charge in [0.1, 0.15) is 11.5 Å². The number of hydrogen-bond acceptors (Lipinski definition) is 2. The monoisotopic (exact) mass is 351 g/mol. The second-order valence-corrected chi connectivity index (χ2v) is 5.13. The Hall–Kier alpha value is -1.73. The zero-order chi connectivity index (χ0) is 16.5. The fourth-order valence-corrected chi connectivity index (χ4v) is 2.39. The van der Waals surface area contributed by atoms with Crippen molar-refractivity contribution in [1.82, 2.24) is 9.78 Å². The van der Waals surface area contributed by atoms with Gasteiger partial charge >= 0.3 is 6.18 Å². The maximum Gasteiger partial charge on any atom is 0.416 e. The highest BCUT2D eigenvalue weighted by Crippen LogP contribution is 2.38. The highest BCUT2D eigenvalue weighted by atomic mass is 35.5. The minimum absolute atomic E-state index is 0.0627. The van der Waals surface area contributed by atoms with Gasteiger partial charge in [0, 0.05) is 12.5 Å². The molecule has 0 aliphatic carbocycles. The average molecular weight is 352 g/mol. The summed E-state index contributed by atoms with van der Waals surface area (Å²) in [6, 6.07) is 3.00. The standard InChI is InChI=1S/C13H10Cl2F3N3O/c1-2-11(22)20-10-3-4-19-21(10)12-8(14)5-7(6-9(12)15)13(16,17)18/h3-6H,2H2,1H3,(H,20,22). The van der Waals surface area contributed by atoms with E-state index in [1.54, 1.807) is 6.92 Å². The molecule has 0 aliphatic heterocycles. The van der Waals surface area contributed by atoms with Gasteiger partial charge in [0.25, 0.3) is 0 Å². The van der Waals surface area contributed by atoms with E-state index < -0.39 is 11.7 Å². The molecule has 1 heterocycles. The van der Waals surface area contributed by atoms with E-state index in [0.717, 1.165) is 12.1 Å². The van der Waals surface area contributed by atoms with Gasteiger partial charge in [-0.15, -0.1) is 0 Å². The summed E-state index contributed by atoms with van der Waals surface area (Å²) in [6.07, 6.45) is -2.95. The SMILES string of the molecule is CCC(=O)Nc1ccnn1-c1c(Cl)cc(C(F)(F)F)cc1Cl. The van der Waals surface area contributed by atoms with Crippen LogP contribution in [0.3, 0.4) is 0 Å². The van der Waals surface area contributed by atoms with Crippen molar-refractivity contribution in [3.63, 3.8) is 0 Å². The van der Waals surface area contributed by atoms with Gasteiger partial charge in [-0.3, -0.25) is 4.79 Å². The first kappa shape index (κ1) is 16.6. The molecule has 1 aromatic carbocycles. The van der Waals surface area contributed by atoms with Gasteiger partial charge in [-0.25, -0.2) is 4.68 Å². The van der Waals surface area contributed by atoms with Crippen molar-refractivity contribution in [2.45, 2.75) is 19.5 Å². The molecule has 0 spiro atoms. The quantitative estimate of drug-likeness (QED) is 0.881. The van der Waals surface area contributed by atoms with E-state index in [2.05, 4.69) is 10.4 Å². The number of nitrogens with one attached hydrogen (secondary N) is 1. The molecule has 0 atom stereocenters. The number of rotatable bonds is 3. The lowest BCUT2D eigenvalue weighted by Crippen LogP contribution is -2.14. The van der Waals surface area contributed by atoms with E-state index in [0.29, 0.717) is 0 Å². The Labute approximate surface area is 133 Å². The van der Waals surface area contributed by atoms with Gasteiger partial charge in [0.15, 0.2) is 0 Å². The third kappa shape index (κ3) is 3.36. The third-order valence-corrected chi connectivity index (χ3v) is 3.36. The molecule has 22 heavy (non-hydrogen) atoms. The predicted molar refractivity (Wildman–Crippen MR) is 77.5 cm³/mol. The summed E-state index contributed by atoms with van der Waals surface area (Å²) >= 11 is 11.8. The van der Waals surface area contributed by atoms with E-state index in [-0.39, 0.29) is 33.9 Å². The number of alkyl halides is 3. The Morgan fingerprint density at radius 3 is 2.41 bits per heavy atom. The Bertz CT molecular complexity index is 690. The molecule has 2 aromatic rings. The molecule has 0 bridgehead atoms. The van der Waals surface area contributed by atoms with Crippen molar-refractivity contribution in [3.05, 3.63) is 40.0 Å². The molecule has 1 amide bonds. The Morgan fingerprint density at radius 2 is 1.91 bits per heavy atom. The van der Waals surface area contributed by atoms with Crippen LogP contribution < -0.4 is 5.32 Å². The van der Waals surface area contributed by atoms with Crippen LogP contribution in [-0.4, -0.2) is 15.7 Å². The molecule has 4 nitrogen and oxygen atoms in total. The number of nitrogens with zero attached hydrogens (tertiary/aromatic N) is 2. The summed E-state index contributed by atoms with van der Waals surface area (Å²) in [6.45, 7) is 1.66. The number of anilines is 1. The first-order chi connectivity index (χ1) is 10.2. The van der Waals surface area contributed by atoms with Gasteiger partial charge < -0.3 is 5.32 Å². The lowest BCUT2D eigenvalue weighted by atomic mass is 10.2. The molecule has 9 heteroatoms. The van der Waals surface area contributed by atoms with E-state index in [9.17, 15) is 18.0 Å². The predicted octanol–water partition coefficient (Wildman–Crippen LogP) is 4.55. The molecule has 1 N–H and O–H groups in total. The second-order valence-electron chi connectivity index (χ2n) is 4.32. The molecule has 0 saturated heterocycles. The first-order valence-electron chi connectivity index (χ1n) is 6.14.